The van der Waals surface area contributed by atoms with Crippen molar-refractivity contribution in [3.05, 3.63) is 29.6 Å². The monoisotopic (exact) mass is 241 g/mol. The molecule has 0 radical (unpaired) electrons. The lowest BCUT2D eigenvalue weighted by molar-refractivity contribution is -0.139. The smallest absolute Gasteiger partial charge is 0.325 e. The molecule has 92 valence electrons. The number of carbonyl (C=O) groups excluding carboxylic acids is 2. The van der Waals surface area contributed by atoms with Crippen LogP contribution in [0.15, 0.2) is 18.2 Å². The van der Waals surface area contributed by atoms with Crippen LogP contribution in [0.5, 0.6) is 5.75 Å². The average Bonchev–Trinajstić information content (AvgIpc) is 2.34. The number of halogens is 1. The van der Waals surface area contributed by atoms with Gasteiger partial charge in [-0.1, -0.05) is 6.07 Å². The molecule has 0 aliphatic rings. The Morgan fingerprint density at radius 1 is 1.35 bits per heavy atom. The molecule has 1 rings (SSSR count). The van der Waals surface area contributed by atoms with Crippen LogP contribution in [0, 0.1) is 5.82 Å². The van der Waals surface area contributed by atoms with Crippen LogP contribution in [0.4, 0.5) is 4.39 Å². The summed E-state index contributed by atoms with van der Waals surface area (Å²) in [6.07, 6.45) is 0. The zero-order chi connectivity index (χ0) is 12.8. The Labute approximate surface area is 97.5 Å². The lowest BCUT2D eigenvalue weighted by Gasteiger charge is -2.09. The van der Waals surface area contributed by atoms with E-state index in [9.17, 15) is 14.0 Å². The Morgan fingerprint density at radius 2 is 2.06 bits per heavy atom. The number of hydrogen-bond donors (Lipinski definition) is 1. The van der Waals surface area contributed by atoms with Crippen molar-refractivity contribution in [1.29, 1.82) is 0 Å². The number of carbonyl (C=O) groups is 2. The molecule has 0 heterocycles. The van der Waals surface area contributed by atoms with Gasteiger partial charge in [0.1, 0.15) is 23.7 Å². The van der Waals surface area contributed by atoms with Crippen molar-refractivity contribution in [3.8, 4) is 5.75 Å². The highest BCUT2D eigenvalue weighted by Crippen LogP contribution is 2.20. The van der Waals surface area contributed by atoms with Gasteiger partial charge < -0.3 is 14.8 Å². The van der Waals surface area contributed by atoms with Crippen LogP contribution in [0.3, 0.4) is 0 Å². The van der Waals surface area contributed by atoms with Crippen LogP contribution in [0.1, 0.15) is 10.4 Å². The van der Waals surface area contributed by atoms with Crippen molar-refractivity contribution in [2.24, 2.45) is 0 Å². The maximum atomic E-state index is 13.4. The maximum absolute atomic E-state index is 13.4. The average molecular weight is 241 g/mol. The van der Waals surface area contributed by atoms with Gasteiger partial charge in [0.15, 0.2) is 0 Å². The predicted molar refractivity (Wildman–Crippen MR) is 57.3 cm³/mol. The Hall–Kier alpha value is -2.11. The van der Waals surface area contributed by atoms with Crippen molar-refractivity contribution < 1.29 is 23.5 Å². The van der Waals surface area contributed by atoms with Gasteiger partial charge in [0.05, 0.1) is 14.2 Å². The van der Waals surface area contributed by atoms with E-state index >= 15 is 0 Å². The highest BCUT2D eigenvalue weighted by Gasteiger charge is 2.17. The van der Waals surface area contributed by atoms with E-state index in [4.69, 9.17) is 4.74 Å². The van der Waals surface area contributed by atoms with Gasteiger partial charge in [-0.2, -0.15) is 0 Å². The molecule has 1 aromatic rings. The fraction of sp³-hybridized carbons (Fsp3) is 0.273. The third kappa shape index (κ3) is 3.17. The third-order valence-corrected chi connectivity index (χ3v) is 2.04. The highest BCUT2D eigenvalue weighted by molar-refractivity contribution is 5.98. The molecule has 0 fully saturated rings. The third-order valence-electron chi connectivity index (χ3n) is 2.04. The predicted octanol–water partition coefficient (Wildman–Crippen LogP) is 0.737. The van der Waals surface area contributed by atoms with E-state index in [1.54, 1.807) is 0 Å². The lowest BCUT2D eigenvalue weighted by atomic mass is 10.1. The standard InChI is InChI=1S/C11H12FNO4/c1-16-8-5-3-4-7(12)10(8)11(15)13-6-9(14)17-2/h3-5H,6H2,1-2H3,(H,13,15). The van der Waals surface area contributed by atoms with E-state index in [0.29, 0.717) is 0 Å². The Kier molecular flexibility index (Phi) is 4.45. The van der Waals surface area contributed by atoms with Crippen molar-refractivity contribution in [3.63, 3.8) is 0 Å². The van der Waals surface area contributed by atoms with E-state index in [0.717, 1.165) is 6.07 Å². The van der Waals surface area contributed by atoms with Crippen molar-refractivity contribution in [2.45, 2.75) is 0 Å². The van der Waals surface area contributed by atoms with Gasteiger partial charge in [-0.25, -0.2) is 4.39 Å². The number of ether oxygens (including phenoxy) is 2. The van der Waals surface area contributed by atoms with Crippen LogP contribution in [0.2, 0.25) is 0 Å². The van der Waals surface area contributed by atoms with E-state index in [1.807, 2.05) is 0 Å². The molecule has 0 atom stereocenters. The molecule has 0 aliphatic carbocycles. The first-order valence-corrected chi connectivity index (χ1v) is 4.77. The zero-order valence-electron chi connectivity index (χ0n) is 9.45. The number of hydrogen-bond acceptors (Lipinski definition) is 4. The molecule has 0 aliphatic heterocycles. The lowest BCUT2D eigenvalue weighted by Crippen LogP contribution is -2.31. The first kappa shape index (κ1) is 13.0. The van der Waals surface area contributed by atoms with E-state index in [2.05, 4.69) is 10.1 Å². The summed E-state index contributed by atoms with van der Waals surface area (Å²) < 4.78 is 22.6. The summed E-state index contributed by atoms with van der Waals surface area (Å²) in [7, 11) is 2.52. The first-order valence-electron chi connectivity index (χ1n) is 4.77. The van der Waals surface area contributed by atoms with Crippen LogP contribution in [-0.4, -0.2) is 32.6 Å². The summed E-state index contributed by atoms with van der Waals surface area (Å²) in [6.45, 7) is -0.327. The van der Waals surface area contributed by atoms with Gasteiger partial charge in [0.25, 0.3) is 5.91 Å². The molecule has 1 aromatic carbocycles. The van der Waals surface area contributed by atoms with Gasteiger partial charge in [-0.05, 0) is 12.1 Å². The number of nitrogens with one attached hydrogen (secondary N) is 1. The van der Waals surface area contributed by atoms with E-state index < -0.39 is 17.7 Å². The number of benzene rings is 1. The van der Waals surface area contributed by atoms with Crippen LogP contribution < -0.4 is 10.1 Å². The normalized spacial score (nSPS) is 9.59. The minimum atomic E-state index is -0.731. The van der Waals surface area contributed by atoms with Crippen molar-refractivity contribution in [2.75, 3.05) is 20.8 Å². The van der Waals surface area contributed by atoms with Crippen molar-refractivity contribution in [1.82, 2.24) is 5.32 Å². The topological polar surface area (TPSA) is 64.6 Å². The van der Waals surface area contributed by atoms with Crippen molar-refractivity contribution >= 4 is 11.9 Å². The molecule has 0 spiro atoms. The van der Waals surface area contributed by atoms with Crippen LogP contribution in [0.25, 0.3) is 0 Å². The molecule has 0 saturated heterocycles. The fourth-order valence-corrected chi connectivity index (χ4v) is 1.21. The Balaban J connectivity index is 2.85. The van der Waals surface area contributed by atoms with Gasteiger partial charge in [-0.3, -0.25) is 9.59 Å². The molecular formula is C11H12FNO4. The molecular weight excluding hydrogens is 229 g/mol. The SMILES string of the molecule is COC(=O)CNC(=O)c1c(F)cccc1OC. The van der Waals surface area contributed by atoms with Gasteiger partial charge in [0, 0.05) is 0 Å². The summed E-state index contributed by atoms with van der Waals surface area (Å²) in [5, 5.41) is 2.23. The number of esters is 1. The van der Waals surface area contributed by atoms with Gasteiger partial charge >= 0.3 is 5.97 Å². The van der Waals surface area contributed by atoms with Crippen LogP contribution >= 0.6 is 0 Å². The summed E-state index contributed by atoms with van der Waals surface area (Å²) >= 11 is 0. The zero-order valence-corrected chi connectivity index (χ0v) is 9.45. The first-order chi connectivity index (χ1) is 8.10. The molecule has 1 amide bonds. The quantitative estimate of drug-likeness (QED) is 0.789. The second kappa shape index (κ2) is 5.83. The largest absolute Gasteiger partial charge is 0.496 e. The van der Waals surface area contributed by atoms with E-state index in [-0.39, 0.29) is 17.9 Å². The molecule has 5 nitrogen and oxygen atoms in total. The number of amides is 1. The molecule has 17 heavy (non-hydrogen) atoms. The minimum Gasteiger partial charge on any atom is -0.496 e. The maximum Gasteiger partial charge on any atom is 0.325 e. The summed E-state index contributed by atoms with van der Waals surface area (Å²) in [5.74, 6) is -1.96. The summed E-state index contributed by atoms with van der Waals surface area (Å²) in [4.78, 5) is 22.5. The summed E-state index contributed by atoms with van der Waals surface area (Å²) in [6, 6.07) is 4.01. The molecule has 0 bridgehead atoms. The molecule has 0 saturated carbocycles. The Morgan fingerprint density at radius 3 is 2.65 bits per heavy atom. The van der Waals surface area contributed by atoms with Crippen LogP contribution in [-0.2, 0) is 9.53 Å². The van der Waals surface area contributed by atoms with Gasteiger partial charge in [0.2, 0.25) is 0 Å². The summed E-state index contributed by atoms with van der Waals surface area (Å²) in [5.41, 5.74) is -0.237. The molecule has 6 heteroatoms. The van der Waals surface area contributed by atoms with Gasteiger partial charge in [-0.15, -0.1) is 0 Å². The minimum absolute atomic E-state index is 0.104. The Bertz CT molecular complexity index is 433. The molecule has 0 aromatic heterocycles. The second-order valence-corrected chi connectivity index (χ2v) is 3.08. The number of methoxy groups -OCH3 is 2. The second-order valence-electron chi connectivity index (χ2n) is 3.08. The molecule has 0 unspecified atom stereocenters. The fourth-order valence-electron chi connectivity index (χ4n) is 1.21. The number of rotatable bonds is 4. The van der Waals surface area contributed by atoms with E-state index in [1.165, 1.54) is 26.4 Å². The highest BCUT2D eigenvalue weighted by atomic mass is 19.1. The molecule has 1 N–H and O–H groups in total.